The van der Waals surface area contributed by atoms with Crippen molar-refractivity contribution >= 4 is 0 Å². The molecule has 50 valence electrons. The van der Waals surface area contributed by atoms with Crippen molar-refractivity contribution in [3.05, 3.63) is 11.3 Å². The Hall–Kier alpha value is -0.860. The van der Waals surface area contributed by atoms with Gasteiger partial charge in [0, 0.05) is 7.05 Å². The van der Waals surface area contributed by atoms with E-state index in [1.165, 1.54) is 5.57 Å². The van der Waals surface area contributed by atoms with E-state index in [1.807, 2.05) is 25.9 Å². The van der Waals surface area contributed by atoms with Crippen molar-refractivity contribution in [2.24, 2.45) is 10.3 Å². The third kappa shape index (κ3) is 1.28. The summed E-state index contributed by atoms with van der Waals surface area (Å²) in [5.74, 6) is 0. The standard InChI is InChI=1S/C6H11N3/c1-5(2)6-4-9(3)8-7-6/h4H2,1-3H3. The number of likely N-dealkylation sites (N-methyl/N-ethyl adjacent to an activating group) is 1. The first-order chi connectivity index (χ1) is 4.20. The van der Waals surface area contributed by atoms with E-state index in [9.17, 15) is 0 Å². The van der Waals surface area contributed by atoms with Crippen LogP contribution in [-0.4, -0.2) is 18.6 Å². The van der Waals surface area contributed by atoms with Crippen molar-refractivity contribution in [1.29, 1.82) is 0 Å². The Balaban J connectivity index is 2.71. The van der Waals surface area contributed by atoms with Gasteiger partial charge in [0.25, 0.3) is 0 Å². The molecule has 0 aromatic carbocycles. The molecular weight excluding hydrogens is 114 g/mol. The van der Waals surface area contributed by atoms with Crippen LogP contribution in [0.15, 0.2) is 21.6 Å². The van der Waals surface area contributed by atoms with Gasteiger partial charge in [0.1, 0.15) is 0 Å². The summed E-state index contributed by atoms with van der Waals surface area (Å²) in [6, 6.07) is 0. The predicted octanol–water partition coefficient (Wildman–Crippen LogP) is 1.59. The molecule has 3 heteroatoms. The van der Waals surface area contributed by atoms with Crippen LogP contribution in [-0.2, 0) is 0 Å². The molecule has 1 rings (SSSR count). The number of nitrogens with zero attached hydrogens (tertiary/aromatic N) is 3. The molecule has 0 aromatic heterocycles. The maximum Gasteiger partial charge on any atom is 0.0845 e. The van der Waals surface area contributed by atoms with Gasteiger partial charge in [-0.25, -0.2) is 0 Å². The van der Waals surface area contributed by atoms with Gasteiger partial charge in [-0.3, -0.25) is 5.01 Å². The lowest BCUT2D eigenvalue weighted by Gasteiger charge is -2.00. The van der Waals surface area contributed by atoms with Crippen LogP contribution in [0.25, 0.3) is 0 Å². The molecule has 0 saturated carbocycles. The predicted molar refractivity (Wildman–Crippen MR) is 35.9 cm³/mol. The molecule has 1 heterocycles. The minimum atomic E-state index is 0.863. The summed E-state index contributed by atoms with van der Waals surface area (Å²) in [5, 5.41) is 9.61. The van der Waals surface area contributed by atoms with Gasteiger partial charge < -0.3 is 0 Å². The lowest BCUT2D eigenvalue weighted by molar-refractivity contribution is 0.401. The molecule has 1 aliphatic rings. The fraction of sp³-hybridized carbons (Fsp3) is 0.667. The first kappa shape index (κ1) is 6.26. The maximum atomic E-state index is 3.95. The van der Waals surface area contributed by atoms with Crippen molar-refractivity contribution in [1.82, 2.24) is 5.01 Å². The summed E-state index contributed by atoms with van der Waals surface area (Å²) in [7, 11) is 1.92. The Morgan fingerprint density at radius 2 is 2.22 bits per heavy atom. The fourth-order valence-electron chi connectivity index (χ4n) is 0.668. The molecule has 0 unspecified atom stereocenters. The van der Waals surface area contributed by atoms with Crippen LogP contribution in [0.3, 0.4) is 0 Å². The second-order valence-electron chi connectivity index (χ2n) is 2.45. The van der Waals surface area contributed by atoms with Crippen molar-refractivity contribution in [2.45, 2.75) is 13.8 Å². The molecule has 0 bridgehead atoms. The Labute approximate surface area is 55.0 Å². The molecule has 0 aromatic rings. The highest BCUT2D eigenvalue weighted by Gasteiger charge is 2.07. The molecule has 1 aliphatic heterocycles. The molecule has 0 N–H and O–H groups in total. The summed E-state index contributed by atoms with van der Waals surface area (Å²) >= 11 is 0. The fourth-order valence-corrected chi connectivity index (χ4v) is 0.668. The molecular formula is C6H11N3. The quantitative estimate of drug-likeness (QED) is 0.483. The van der Waals surface area contributed by atoms with Gasteiger partial charge >= 0.3 is 0 Å². The second-order valence-corrected chi connectivity index (χ2v) is 2.45. The van der Waals surface area contributed by atoms with Crippen LogP contribution in [0.5, 0.6) is 0 Å². The number of allylic oxidation sites excluding steroid dienone is 1. The average Bonchev–Trinajstić information content (AvgIpc) is 2.14. The minimum Gasteiger partial charge on any atom is -0.275 e. The first-order valence-corrected chi connectivity index (χ1v) is 2.99. The average molecular weight is 125 g/mol. The van der Waals surface area contributed by atoms with Gasteiger partial charge in [0.05, 0.1) is 12.2 Å². The summed E-state index contributed by atoms with van der Waals surface area (Å²) < 4.78 is 0. The van der Waals surface area contributed by atoms with E-state index in [1.54, 1.807) is 0 Å². The van der Waals surface area contributed by atoms with Gasteiger partial charge in [-0.05, 0) is 13.8 Å². The van der Waals surface area contributed by atoms with Crippen molar-refractivity contribution < 1.29 is 0 Å². The van der Waals surface area contributed by atoms with E-state index in [0.717, 1.165) is 12.2 Å². The second kappa shape index (κ2) is 2.17. The van der Waals surface area contributed by atoms with Gasteiger partial charge in [-0.15, -0.1) is 5.11 Å². The van der Waals surface area contributed by atoms with Crippen LogP contribution in [0.4, 0.5) is 0 Å². The van der Waals surface area contributed by atoms with E-state index >= 15 is 0 Å². The normalized spacial score (nSPS) is 17.2. The minimum absolute atomic E-state index is 0.863. The van der Waals surface area contributed by atoms with Gasteiger partial charge in [-0.1, -0.05) is 10.8 Å². The largest absolute Gasteiger partial charge is 0.275 e. The van der Waals surface area contributed by atoms with Crippen LogP contribution in [0.2, 0.25) is 0 Å². The van der Waals surface area contributed by atoms with E-state index in [0.29, 0.717) is 0 Å². The van der Waals surface area contributed by atoms with Crippen LogP contribution in [0, 0.1) is 0 Å². The molecule has 0 radical (unpaired) electrons. The highest BCUT2D eigenvalue weighted by Crippen LogP contribution is 2.13. The monoisotopic (exact) mass is 125 g/mol. The summed E-state index contributed by atoms with van der Waals surface area (Å²) in [4.78, 5) is 0. The van der Waals surface area contributed by atoms with E-state index in [2.05, 4.69) is 10.3 Å². The molecule has 0 saturated heterocycles. The SMILES string of the molecule is CC(C)=C1CN(C)N=N1. The van der Waals surface area contributed by atoms with Gasteiger partial charge in [-0.2, -0.15) is 0 Å². The van der Waals surface area contributed by atoms with Crippen LogP contribution >= 0.6 is 0 Å². The van der Waals surface area contributed by atoms with Gasteiger partial charge in [0.15, 0.2) is 0 Å². The Morgan fingerprint density at radius 3 is 2.44 bits per heavy atom. The van der Waals surface area contributed by atoms with E-state index < -0.39 is 0 Å². The molecule has 0 amide bonds. The van der Waals surface area contributed by atoms with Crippen molar-refractivity contribution in [3.63, 3.8) is 0 Å². The lowest BCUT2D eigenvalue weighted by atomic mass is 10.3. The zero-order valence-electron chi connectivity index (χ0n) is 6.05. The highest BCUT2D eigenvalue weighted by molar-refractivity contribution is 5.10. The summed E-state index contributed by atoms with van der Waals surface area (Å²) in [6.45, 7) is 4.96. The van der Waals surface area contributed by atoms with Gasteiger partial charge in [0.2, 0.25) is 0 Å². The lowest BCUT2D eigenvalue weighted by Crippen LogP contribution is -2.06. The zero-order chi connectivity index (χ0) is 6.85. The Kier molecular flexibility index (Phi) is 1.51. The molecule has 0 aliphatic carbocycles. The number of hydrogen-bond donors (Lipinski definition) is 0. The molecule has 3 nitrogen and oxygen atoms in total. The van der Waals surface area contributed by atoms with E-state index in [4.69, 9.17) is 0 Å². The third-order valence-electron chi connectivity index (χ3n) is 1.27. The van der Waals surface area contributed by atoms with E-state index in [-0.39, 0.29) is 0 Å². The number of rotatable bonds is 0. The first-order valence-electron chi connectivity index (χ1n) is 2.99. The van der Waals surface area contributed by atoms with Crippen LogP contribution in [0.1, 0.15) is 13.8 Å². The molecule has 0 atom stereocenters. The highest BCUT2D eigenvalue weighted by atomic mass is 15.6. The Morgan fingerprint density at radius 1 is 1.56 bits per heavy atom. The molecule has 0 fully saturated rings. The summed E-state index contributed by atoms with van der Waals surface area (Å²) in [6.07, 6.45) is 0. The van der Waals surface area contributed by atoms with Crippen LogP contribution < -0.4 is 0 Å². The Bertz CT molecular complexity index is 165. The molecule has 0 spiro atoms. The third-order valence-corrected chi connectivity index (χ3v) is 1.27. The smallest absolute Gasteiger partial charge is 0.0845 e. The van der Waals surface area contributed by atoms with Crippen molar-refractivity contribution in [2.75, 3.05) is 13.6 Å². The maximum absolute atomic E-state index is 3.95. The topological polar surface area (TPSA) is 28.0 Å². The number of hydrogen-bond acceptors (Lipinski definition) is 3. The van der Waals surface area contributed by atoms with Crippen molar-refractivity contribution in [3.8, 4) is 0 Å². The summed E-state index contributed by atoms with van der Waals surface area (Å²) in [5.41, 5.74) is 2.35. The molecule has 9 heavy (non-hydrogen) atoms. The zero-order valence-corrected chi connectivity index (χ0v) is 6.05.